The Labute approximate surface area is 92.9 Å². The van der Waals surface area contributed by atoms with E-state index in [1.54, 1.807) is 12.1 Å². The molecule has 0 radical (unpaired) electrons. The number of nitrogens with zero attached hydrogens (tertiary/aromatic N) is 1. The summed E-state index contributed by atoms with van der Waals surface area (Å²) in [7, 11) is 0. The number of benzene rings is 1. The van der Waals surface area contributed by atoms with Gasteiger partial charge < -0.3 is 5.11 Å². The largest absolute Gasteiger partial charge is 0.481 e. The monoisotopic (exact) mass is 223 g/mol. The van der Waals surface area contributed by atoms with Crippen molar-refractivity contribution in [3.63, 3.8) is 0 Å². The number of carboxylic acid groups (broad SMARTS) is 1. The highest BCUT2D eigenvalue weighted by Gasteiger charge is 2.12. The summed E-state index contributed by atoms with van der Waals surface area (Å²) in [6.07, 6.45) is 0.507. The van der Waals surface area contributed by atoms with Gasteiger partial charge in [0.15, 0.2) is 0 Å². The zero-order valence-corrected chi connectivity index (χ0v) is 9.01. The standard InChI is InChI=1S/C11H10ClNO2/c1-2-9-8(6-13)4-3-7(11(9)12)5-10(14)15/h3-4H,2,5H2,1H3,(H,14,15). The van der Waals surface area contributed by atoms with Crippen LogP contribution in [0.2, 0.25) is 5.02 Å². The number of hydrogen-bond acceptors (Lipinski definition) is 2. The van der Waals surface area contributed by atoms with Crippen LogP contribution in [0.4, 0.5) is 0 Å². The van der Waals surface area contributed by atoms with Crippen LogP contribution in [0.1, 0.15) is 23.6 Å². The van der Waals surface area contributed by atoms with Gasteiger partial charge in [0, 0.05) is 5.02 Å². The van der Waals surface area contributed by atoms with Crippen molar-refractivity contribution >= 4 is 17.6 Å². The van der Waals surface area contributed by atoms with Crippen molar-refractivity contribution in [2.75, 3.05) is 0 Å². The van der Waals surface area contributed by atoms with Crippen LogP contribution in [0.15, 0.2) is 12.1 Å². The summed E-state index contributed by atoms with van der Waals surface area (Å²) >= 11 is 6.02. The normalized spacial score (nSPS) is 9.67. The van der Waals surface area contributed by atoms with E-state index in [1.807, 2.05) is 13.0 Å². The quantitative estimate of drug-likeness (QED) is 0.856. The molecule has 0 saturated heterocycles. The molecule has 0 aromatic heterocycles. The van der Waals surface area contributed by atoms with Gasteiger partial charge in [0.2, 0.25) is 0 Å². The van der Waals surface area contributed by atoms with E-state index in [0.29, 0.717) is 22.6 Å². The second-order valence-corrected chi connectivity index (χ2v) is 3.48. The molecule has 0 bridgehead atoms. The highest BCUT2D eigenvalue weighted by atomic mass is 35.5. The van der Waals surface area contributed by atoms with Gasteiger partial charge in [-0.25, -0.2) is 0 Å². The van der Waals surface area contributed by atoms with Crippen LogP contribution in [0, 0.1) is 11.3 Å². The van der Waals surface area contributed by atoms with Crippen LogP contribution >= 0.6 is 11.6 Å². The Morgan fingerprint density at radius 3 is 2.73 bits per heavy atom. The molecule has 15 heavy (non-hydrogen) atoms. The van der Waals surface area contributed by atoms with Gasteiger partial charge in [-0.05, 0) is 23.6 Å². The minimum atomic E-state index is -0.927. The lowest BCUT2D eigenvalue weighted by Gasteiger charge is -2.08. The molecular weight excluding hydrogens is 214 g/mol. The molecule has 0 atom stereocenters. The van der Waals surface area contributed by atoms with Gasteiger partial charge in [0.05, 0.1) is 18.1 Å². The Kier molecular flexibility index (Phi) is 3.70. The topological polar surface area (TPSA) is 61.1 Å². The fraction of sp³-hybridized carbons (Fsp3) is 0.273. The first kappa shape index (κ1) is 11.5. The molecule has 1 N–H and O–H groups in total. The summed E-state index contributed by atoms with van der Waals surface area (Å²) in [5.41, 5.74) is 1.79. The predicted molar refractivity (Wildman–Crippen MR) is 56.9 cm³/mol. The zero-order valence-electron chi connectivity index (χ0n) is 8.25. The number of carboxylic acids is 1. The van der Waals surface area contributed by atoms with Crippen LogP contribution < -0.4 is 0 Å². The highest BCUT2D eigenvalue weighted by Crippen LogP contribution is 2.25. The van der Waals surface area contributed by atoms with Gasteiger partial charge in [-0.2, -0.15) is 5.26 Å². The van der Waals surface area contributed by atoms with Gasteiger partial charge in [0.25, 0.3) is 0 Å². The lowest BCUT2D eigenvalue weighted by Crippen LogP contribution is -2.03. The van der Waals surface area contributed by atoms with E-state index in [1.165, 1.54) is 0 Å². The van der Waals surface area contributed by atoms with Crippen LogP contribution in [0.5, 0.6) is 0 Å². The van der Waals surface area contributed by atoms with Crippen molar-refractivity contribution in [3.8, 4) is 6.07 Å². The molecule has 0 heterocycles. The average molecular weight is 224 g/mol. The Balaban J connectivity index is 3.24. The molecule has 0 unspecified atom stereocenters. The first-order valence-electron chi connectivity index (χ1n) is 4.52. The predicted octanol–water partition coefficient (Wildman–Crippen LogP) is 2.40. The number of halogens is 1. The summed E-state index contributed by atoms with van der Waals surface area (Å²) in [4.78, 5) is 10.6. The van der Waals surface area contributed by atoms with E-state index < -0.39 is 5.97 Å². The maximum Gasteiger partial charge on any atom is 0.307 e. The fourth-order valence-corrected chi connectivity index (χ4v) is 1.78. The summed E-state index contributed by atoms with van der Waals surface area (Å²) in [6.45, 7) is 1.88. The lowest BCUT2D eigenvalue weighted by atomic mass is 10.0. The van der Waals surface area contributed by atoms with Crippen LogP contribution in [-0.4, -0.2) is 11.1 Å². The molecule has 78 valence electrons. The molecule has 0 fully saturated rings. The summed E-state index contributed by atoms with van der Waals surface area (Å²) in [6, 6.07) is 5.24. The SMILES string of the molecule is CCc1c(C#N)ccc(CC(=O)O)c1Cl. The Bertz CT molecular complexity index is 435. The van der Waals surface area contributed by atoms with Gasteiger partial charge >= 0.3 is 5.97 Å². The van der Waals surface area contributed by atoms with Crippen molar-refractivity contribution in [3.05, 3.63) is 33.8 Å². The van der Waals surface area contributed by atoms with Crippen molar-refractivity contribution in [1.29, 1.82) is 5.26 Å². The number of nitriles is 1. The molecule has 0 saturated carbocycles. The van der Waals surface area contributed by atoms with Crippen LogP contribution in [-0.2, 0) is 17.6 Å². The summed E-state index contributed by atoms with van der Waals surface area (Å²) in [5, 5.41) is 17.9. The first-order chi connectivity index (χ1) is 7.10. The molecule has 0 aliphatic heterocycles. The Morgan fingerprint density at radius 2 is 2.27 bits per heavy atom. The fourth-order valence-electron chi connectivity index (χ4n) is 1.42. The molecule has 4 heteroatoms. The minimum absolute atomic E-state index is 0.114. The number of aliphatic carboxylic acids is 1. The van der Waals surface area contributed by atoms with Gasteiger partial charge in [0.1, 0.15) is 0 Å². The van der Waals surface area contributed by atoms with Gasteiger partial charge in [-0.15, -0.1) is 0 Å². The number of hydrogen-bond donors (Lipinski definition) is 1. The molecule has 0 amide bonds. The smallest absolute Gasteiger partial charge is 0.307 e. The Morgan fingerprint density at radius 1 is 1.60 bits per heavy atom. The van der Waals surface area contributed by atoms with Gasteiger partial charge in [-0.3, -0.25) is 4.79 Å². The molecule has 1 aromatic rings. The van der Waals surface area contributed by atoms with E-state index in [9.17, 15) is 4.79 Å². The van der Waals surface area contributed by atoms with Crippen LogP contribution in [0.25, 0.3) is 0 Å². The number of carbonyl (C=O) groups is 1. The molecule has 1 aromatic carbocycles. The second kappa shape index (κ2) is 4.81. The van der Waals surface area contributed by atoms with Crippen molar-refractivity contribution in [2.45, 2.75) is 19.8 Å². The maximum atomic E-state index is 10.6. The molecule has 0 aliphatic carbocycles. The van der Waals surface area contributed by atoms with E-state index in [2.05, 4.69) is 0 Å². The highest BCUT2D eigenvalue weighted by molar-refractivity contribution is 6.32. The zero-order chi connectivity index (χ0) is 11.4. The number of rotatable bonds is 3. The van der Waals surface area contributed by atoms with Gasteiger partial charge in [-0.1, -0.05) is 24.6 Å². The molecule has 0 aliphatic rings. The van der Waals surface area contributed by atoms with Crippen LogP contribution in [0.3, 0.4) is 0 Å². The lowest BCUT2D eigenvalue weighted by molar-refractivity contribution is -0.136. The van der Waals surface area contributed by atoms with E-state index in [-0.39, 0.29) is 6.42 Å². The maximum absolute atomic E-state index is 10.6. The van der Waals surface area contributed by atoms with Crippen molar-refractivity contribution in [2.24, 2.45) is 0 Å². The third-order valence-electron chi connectivity index (χ3n) is 2.14. The molecule has 1 rings (SSSR count). The minimum Gasteiger partial charge on any atom is -0.481 e. The molecule has 0 spiro atoms. The van der Waals surface area contributed by atoms with E-state index in [0.717, 1.165) is 5.56 Å². The Hall–Kier alpha value is -1.53. The molecule has 3 nitrogen and oxygen atoms in total. The van der Waals surface area contributed by atoms with E-state index in [4.69, 9.17) is 22.0 Å². The molecular formula is C11H10ClNO2. The first-order valence-corrected chi connectivity index (χ1v) is 4.90. The second-order valence-electron chi connectivity index (χ2n) is 3.10. The average Bonchev–Trinajstić information content (AvgIpc) is 2.20. The summed E-state index contributed by atoms with van der Waals surface area (Å²) < 4.78 is 0. The summed E-state index contributed by atoms with van der Waals surface area (Å²) in [5.74, 6) is -0.927. The third-order valence-corrected chi connectivity index (χ3v) is 2.61. The van der Waals surface area contributed by atoms with Crippen molar-refractivity contribution < 1.29 is 9.90 Å². The van der Waals surface area contributed by atoms with Crippen molar-refractivity contribution in [1.82, 2.24) is 0 Å². The third kappa shape index (κ3) is 2.48. The van der Waals surface area contributed by atoms with E-state index >= 15 is 0 Å².